The fraction of sp³-hybridized carbons (Fsp3) is 0.818. The number of aryl methyl sites for hydroxylation is 2. The van der Waals surface area contributed by atoms with Crippen molar-refractivity contribution in [1.29, 1.82) is 0 Å². The summed E-state index contributed by atoms with van der Waals surface area (Å²) in [4.78, 5) is 4.42. The molecule has 2 heterocycles. The molecule has 0 saturated carbocycles. The van der Waals surface area contributed by atoms with E-state index in [9.17, 15) is 0 Å². The maximum Gasteiger partial charge on any atom is 0.150 e. The molecule has 0 spiro atoms. The molecule has 1 unspecified atom stereocenters. The zero-order valence-corrected chi connectivity index (χ0v) is 9.42. The van der Waals surface area contributed by atoms with E-state index in [1.807, 2.05) is 0 Å². The molecule has 84 valence electrons. The monoisotopic (exact) mass is 208 g/mol. The molecular weight excluding hydrogens is 188 g/mol. The van der Waals surface area contributed by atoms with Crippen LogP contribution in [0.1, 0.15) is 44.3 Å². The van der Waals surface area contributed by atoms with Gasteiger partial charge in [-0.15, -0.1) is 0 Å². The van der Waals surface area contributed by atoms with Crippen molar-refractivity contribution in [2.24, 2.45) is 0 Å². The highest BCUT2D eigenvalue weighted by atomic mass is 15.2. The molecule has 0 amide bonds. The van der Waals surface area contributed by atoms with E-state index in [2.05, 4.69) is 27.4 Å². The van der Waals surface area contributed by atoms with Crippen LogP contribution in [0.2, 0.25) is 0 Å². The van der Waals surface area contributed by atoms with Crippen molar-refractivity contribution in [2.75, 3.05) is 6.54 Å². The third kappa shape index (κ3) is 3.02. The lowest BCUT2D eigenvalue weighted by molar-refractivity contribution is 0.381. The Labute approximate surface area is 90.9 Å². The summed E-state index contributed by atoms with van der Waals surface area (Å²) >= 11 is 0. The third-order valence-corrected chi connectivity index (χ3v) is 3.04. The van der Waals surface area contributed by atoms with Gasteiger partial charge in [-0.3, -0.25) is 5.10 Å². The molecule has 1 aliphatic rings. The van der Waals surface area contributed by atoms with Crippen LogP contribution in [0, 0.1) is 0 Å². The van der Waals surface area contributed by atoms with Crippen LogP contribution in [0.3, 0.4) is 0 Å². The molecule has 1 fully saturated rings. The smallest absolute Gasteiger partial charge is 0.150 e. The highest BCUT2D eigenvalue weighted by Gasteiger charge is 2.13. The second-order valence-corrected chi connectivity index (χ2v) is 4.24. The standard InChI is InChI=1S/C11H20N4/c1-2-10-13-11(15-14-10)7-6-9-5-3-4-8-12-9/h9,12H,2-8H2,1H3,(H,13,14,15). The molecule has 1 aromatic rings. The van der Waals surface area contributed by atoms with Crippen LogP contribution in [0.15, 0.2) is 0 Å². The first kappa shape index (κ1) is 10.6. The van der Waals surface area contributed by atoms with Crippen LogP contribution in [0.4, 0.5) is 0 Å². The molecule has 1 saturated heterocycles. The van der Waals surface area contributed by atoms with Crippen LogP contribution >= 0.6 is 0 Å². The summed E-state index contributed by atoms with van der Waals surface area (Å²) in [7, 11) is 0. The summed E-state index contributed by atoms with van der Waals surface area (Å²) in [6.07, 6.45) is 7.13. The van der Waals surface area contributed by atoms with E-state index in [1.54, 1.807) is 0 Å². The van der Waals surface area contributed by atoms with Gasteiger partial charge < -0.3 is 5.32 Å². The fourth-order valence-electron chi connectivity index (χ4n) is 2.09. The molecule has 0 bridgehead atoms. The van der Waals surface area contributed by atoms with Crippen molar-refractivity contribution in [3.63, 3.8) is 0 Å². The summed E-state index contributed by atoms with van der Waals surface area (Å²) in [5.74, 6) is 1.97. The molecule has 0 aromatic carbocycles. The van der Waals surface area contributed by atoms with Crippen molar-refractivity contribution >= 4 is 0 Å². The van der Waals surface area contributed by atoms with Crippen LogP contribution < -0.4 is 5.32 Å². The Morgan fingerprint density at radius 2 is 2.33 bits per heavy atom. The first-order chi connectivity index (χ1) is 7.38. The van der Waals surface area contributed by atoms with Crippen molar-refractivity contribution in [1.82, 2.24) is 20.5 Å². The lowest BCUT2D eigenvalue weighted by Crippen LogP contribution is -2.34. The number of aromatic nitrogens is 3. The van der Waals surface area contributed by atoms with E-state index in [0.29, 0.717) is 6.04 Å². The van der Waals surface area contributed by atoms with Gasteiger partial charge in [0.15, 0.2) is 0 Å². The predicted molar refractivity (Wildman–Crippen MR) is 59.7 cm³/mol. The molecule has 4 nitrogen and oxygen atoms in total. The minimum atomic E-state index is 0.689. The highest BCUT2D eigenvalue weighted by molar-refractivity contribution is 4.91. The number of aromatic amines is 1. The molecule has 15 heavy (non-hydrogen) atoms. The minimum absolute atomic E-state index is 0.689. The Balaban J connectivity index is 1.76. The average molecular weight is 208 g/mol. The summed E-state index contributed by atoms with van der Waals surface area (Å²) in [6, 6.07) is 0.689. The van der Waals surface area contributed by atoms with E-state index in [-0.39, 0.29) is 0 Å². The second-order valence-electron chi connectivity index (χ2n) is 4.24. The summed E-state index contributed by atoms with van der Waals surface area (Å²) in [6.45, 7) is 3.26. The molecule has 0 aliphatic carbocycles. The van der Waals surface area contributed by atoms with E-state index in [0.717, 1.165) is 24.5 Å². The summed E-state index contributed by atoms with van der Waals surface area (Å²) < 4.78 is 0. The zero-order chi connectivity index (χ0) is 10.5. The van der Waals surface area contributed by atoms with Gasteiger partial charge in [0, 0.05) is 18.9 Å². The Morgan fingerprint density at radius 1 is 1.40 bits per heavy atom. The minimum Gasteiger partial charge on any atom is -0.314 e. The van der Waals surface area contributed by atoms with Gasteiger partial charge in [0.1, 0.15) is 11.6 Å². The highest BCUT2D eigenvalue weighted by Crippen LogP contribution is 2.11. The van der Waals surface area contributed by atoms with Crippen LogP contribution in [0.5, 0.6) is 0 Å². The van der Waals surface area contributed by atoms with E-state index < -0.39 is 0 Å². The maximum absolute atomic E-state index is 4.42. The van der Waals surface area contributed by atoms with Gasteiger partial charge in [-0.05, 0) is 25.8 Å². The number of piperidine rings is 1. The summed E-state index contributed by atoms with van der Waals surface area (Å²) in [5, 5.41) is 10.7. The molecule has 4 heteroatoms. The largest absolute Gasteiger partial charge is 0.314 e. The Morgan fingerprint density at radius 3 is 3.00 bits per heavy atom. The average Bonchev–Trinajstić information content (AvgIpc) is 2.76. The number of hydrogen-bond acceptors (Lipinski definition) is 3. The topological polar surface area (TPSA) is 53.6 Å². The molecule has 1 aromatic heterocycles. The molecular formula is C11H20N4. The Kier molecular flexibility index (Phi) is 3.72. The van der Waals surface area contributed by atoms with Crippen LogP contribution in [0.25, 0.3) is 0 Å². The molecule has 2 N–H and O–H groups in total. The molecule has 0 radical (unpaired) electrons. The van der Waals surface area contributed by atoms with Crippen LogP contribution in [-0.4, -0.2) is 27.8 Å². The normalized spacial score (nSPS) is 21.8. The van der Waals surface area contributed by atoms with Gasteiger partial charge in [0.2, 0.25) is 0 Å². The lowest BCUT2D eigenvalue weighted by Gasteiger charge is -2.22. The van der Waals surface area contributed by atoms with Crippen LogP contribution in [-0.2, 0) is 12.8 Å². The van der Waals surface area contributed by atoms with Crippen molar-refractivity contribution in [2.45, 2.75) is 51.5 Å². The van der Waals surface area contributed by atoms with Crippen molar-refractivity contribution in [3.8, 4) is 0 Å². The maximum atomic E-state index is 4.42. The number of nitrogens with zero attached hydrogens (tertiary/aromatic N) is 2. The van der Waals surface area contributed by atoms with E-state index in [1.165, 1.54) is 32.2 Å². The van der Waals surface area contributed by atoms with Gasteiger partial charge in [-0.25, -0.2) is 4.98 Å². The second kappa shape index (κ2) is 5.26. The number of rotatable bonds is 4. The third-order valence-electron chi connectivity index (χ3n) is 3.04. The number of H-pyrrole nitrogens is 1. The summed E-state index contributed by atoms with van der Waals surface area (Å²) in [5.41, 5.74) is 0. The van der Waals surface area contributed by atoms with E-state index in [4.69, 9.17) is 0 Å². The fourth-order valence-corrected chi connectivity index (χ4v) is 2.09. The van der Waals surface area contributed by atoms with Gasteiger partial charge in [0.05, 0.1) is 0 Å². The van der Waals surface area contributed by atoms with Gasteiger partial charge in [-0.2, -0.15) is 5.10 Å². The van der Waals surface area contributed by atoms with Crippen molar-refractivity contribution in [3.05, 3.63) is 11.6 Å². The van der Waals surface area contributed by atoms with Gasteiger partial charge in [-0.1, -0.05) is 13.3 Å². The molecule has 1 atom stereocenters. The van der Waals surface area contributed by atoms with Gasteiger partial charge in [0.25, 0.3) is 0 Å². The lowest BCUT2D eigenvalue weighted by atomic mass is 10.0. The first-order valence-electron chi connectivity index (χ1n) is 6.02. The quantitative estimate of drug-likeness (QED) is 0.787. The Hall–Kier alpha value is -0.900. The Bertz CT molecular complexity index is 289. The van der Waals surface area contributed by atoms with E-state index >= 15 is 0 Å². The molecule has 1 aliphatic heterocycles. The number of nitrogens with one attached hydrogen (secondary N) is 2. The molecule has 2 rings (SSSR count). The predicted octanol–water partition coefficient (Wildman–Crippen LogP) is 1.44. The number of hydrogen-bond donors (Lipinski definition) is 2. The van der Waals surface area contributed by atoms with Gasteiger partial charge >= 0.3 is 0 Å². The zero-order valence-electron chi connectivity index (χ0n) is 9.42. The first-order valence-corrected chi connectivity index (χ1v) is 6.02. The SMILES string of the molecule is CCc1n[nH]c(CCC2CCCCN2)n1. The van der Waals surface area contributed by atoms with Crippen molar-refractivity contribution < 1.29 is 0 Å².